The molecule has 0 saturated carbocycles. The Kier molecular flexibility index (Phi) is 13.4. The molecule has 51 heavy (non-hydrogen) atoms. The van der Waals surface area contributed by atoms with E-state index in [-0.39, 0.29) is 27.6 Å². The van der Waals surface area contributed by atoms with Gasteiger partial charge in [0.05, 0.1) is 12.2 Å². The van der Waals surface area contributed by atoms with Crippen LogP contribution in [0.3, 0.4) is 0 Å². The van der Waals surface area contributed by atoms with E-state index in [1.165, 1.54) is 82.6 Å². The third kappa shape index (κ3) is 9.55. The molecule has 3 aliphatic rings. The second-order valence-corrected chi connectivity index (χ2v) is 20.8. The first kappa shape index (κ1) is 41.4. The van der Waals surface area contributed by atoms with Gasteiger partial charge < -0.3 is 9.47 Å². The average Bonchev–Trinajstić information content (AvgIpc) is 3.28. The maximum Gasteiger partial charge on any atom is 0.0610 e. The van der Waals surface area contributed by atoms with E-state index < -0.39 is 0 Å². The van der Waals surface area contributed by atoms with Gasteiger partial charge in [0, 0.05) is 49.7 Å². The zero-order valence-corrected chi connectivity index (χ0v) is 37.1. The van der Waals surface area contributed by atoms with Gasteiger partial charge in [0.15, 0.2) is 0 Å². The summed E-state index contributed by atoms with van der Waals surface area (Å²) in [5.74, 6) is 0. The van der Waals surface area contributed by atoms with E-state index in [1.54, 1.807) is 0 Å². The molecular weight excluding hydrogens is 760 g/mol. The van der Waals surface area contributed by atoms with Crippen LogP contribution in [-0.2, 0) is 14.9 Å². The molecule has 6 heteroatoms. The summed E-state index contributed by atoms with van der Waals surface area (Å²) in [5.41, 5.74) is 6.66. The molecule has 0 amide bonds. The number of benzene rings is 2. The van der Waals surface area contributed by atoms with Crippen LogP contribution in [0.25, 0.3) is 11.1 Å². The second kappa shape index (κ2) is 16.5. The minimum absolute atomic E-state index is 0.0573. The van der Waals surface area contributed by atoms with Crippen LogP contribution < -0.4 is 0 Å². The van der Waals surface area contributed by atoms with E-state index in [2.05, 4.69) is 148 Å². The van der Waals surface area contributed by atoms with Crippen molar-refractivity contribution in [3.8, 4) is 11.1 Å². The van der Waals surface area contributed by atoms with Gasteiger partial charge in [-0.2, -0.15) is 0 Å². The lowest BCUT2D eigenvalue weighted by Gasteiger charge is -2.53. The molecule has 2 aliphatic heterocycles. The molecule has 0 unspecified atom stereocenters. The maximum absolute atomic E-state index is 6.52. The van der Waals surface area contributed by atoms with Crippen LogP contribution >= 0.6 is 31.9 Å². The van der Waals surface area contributed by atoms with Gasteiger partial charge in [-0.3, -0.25) is 9.80 Å². The zero-order chi connectivity index (χ0) is 37.2. The Balaban J connectivity index is 1.15. The minimum Gasteiger partial charge on any atom is -0.378 e. The van der Waals surface area contributed by atoms with Gasteiger partial charge in [-0.1, -0.05) is 82.5 Å². The van der Waals surface area contributed by atoms with Crippen LogP contribution in [0.15, 0.2) is 45.3 Å². The topological polar surface area (TPSA) is 24.9 Å². The third-order valence-electron chi connectivity index (χ3n) is 13.5. The summed E-state index contributed by atoms with van der Waals surface area (Å²) in [7, 11) is 4.55. The predicted octanol–water partition coefficient (Wildman–Crippen LogP) is 12.7. The predicted molar refractivity (Wildman–Crippen MR) is 224 cm³/mol. The summed E-state index contributed by atoms with van der Waals surface area (Å²) < 4.78 is 15.4. The highest BCUT2D eigenvalue weighted by Crippen LogP contribution is 2.55. The number of unbranched alkanes of at least 4 members (excludes halogenated alkanes) is 6. The number of fused-ring (bicyclic) bond motifs is 3. The number of piperidine rings is 2. The quantitative estimate of drug-likeness (QED) is 0.157. The fraction of sp³-hybridized carbons (Fsp3) is 0.733. The summed E-state index contributed by atoms with van der Waals surface area (Å²) in [6, 6.07) is 14.0. The summed E-state index contributed by atoms with van der Waals surface area (Å²) in [6.07, 6.45) is 17.3. The van der Waals surface area contributed by atoms with Gasteiger partial charge in [-0.05, 0) is 167 Å². The number of nitrogens with zero attached hydrogens (tertiary/aromatic N) is 2. The Hall–Kier alpha value is -0.760. The molecule has 286 valence electrons. The number of hydrogen-bond acceptors (Lipinski definition) is 4. The Morgan fingerprint density at radius 3 is 1.22 bits per heavy atom. The van der Waals surface area contributed by atoms with Crippen molar-refractivity contribution in [3.63, 3.8) is 0 Å². The number of ether oxygens (including phenoxy) is 2. The second-order valence-electron chi connectivity index (χ2n) is 19.0. The molecule has 5 rings (SSSR count). The summed E-state index contributed by atoms with van der Waals surface area (Å²) >= 11 is 7.71. The molecule has 2 aromatic rings. The van der Waals surface area contributed by atoms with Gasteiger partial charge in [0.1, 0.15) is 0 Å². The van der Waals surface area contributed by atoms with Crippen molar-refractivity contribution in [2.75, 3.05) is 27.3 Å². The Morgan fingerprint density at radius 2 is 0.863 bits per heavy atom. The average molecular weight is 831 g/mol. The van der Waals surface area contributed by atoms with E-state index in [9.17, 15) is 0 Å². The van der Waals surface area contributed by atoms with Crippen LogP contribution in [0.2, 0.25) is 0 Å². The van der Waals surface area contributed by atoms with Gasteiger partial charge in [0.2, 0.25) is 0 Å². The lowest BCUT2D eigenvalue weighted by molar-refractivity contribution is -0.0922. The molecule has 0 spiro atoms. The number of halogens is 2. The molecule has 2 fully saturated rings. The van der Waals surface area contributed by atoms with Crippen molar-refractivity contribution in [2.24, 2.45) is 0 Å². The van der Waals surface area contributed by atoms with Crippen molar-refractivity contribution >= 4 is 31.9 Å². The monoisotopic (exact) mass is 828 g/mol. The Labute approximate surface area is 329 Å². The van der Waals surface area contributed by atoms with Gasteiger partial charge in [0.25, 0.3) is 0 Å². The molecule has 2 aromatic carbocycles. The molecule has 0 bridgehead atoms. The van der Waals surface area contributed by atoms with Crippen molar-refractivity contribution in [1.29, 1.82) is 0 Å². The van der Waals surface area contributed by atoms with Crippen molar-refractivity contribution < 1.29 is 9.47 Å². The summed E-state index contributed by atoms with van der Waals surface area (Å²) in [5, 5.41) is 0. The summed E-state index contributed by atoms with van der Waals surface area (Å²) in [6.45, 7) is 20.7. The first-order valence-electron chi connectivity index (χ1n) is 20.2. The number of hydrogen-bond donors (Lipinski definition) is 0. The molecule has 4 nitrogen and oxygen atoms in total. The Bertz CT molecular complexity index is 1320. The zero-order valence-electron chi connectivity index (χ0n) is 33.9. The van der Waals surface area contributed by atoms with Gasteiger partial charge >= 0.3 is 0 Å². The number of rotatable bonds is 16. The highest BCUT2D eigenvalue weighted by atomic mass is 79.9. The molecule has 2 saturated heterocycles. The van der Waals surface area contributed by atoms with Crippen molar-refractivity contribution in [1.82, 2.24) is 9.80 Å². The first-order chi connectivity index (χ1) is 23.9. The van der Waals surface area contributed by atoms with Crippen LogP contribution in [-0.4, -0.2) is 71.5 Å². The standard InChI is InChI=1S/C45H70Br2N2O2/c1-41(2)29-35(30-42(3,4)48(41)9)50-25-17-13-11-15-23-45(39-27-33(46)19-21-37(39)38-22-20-34(47)28-40(38)45)24-16-12-14-18-26-51-36-31-43(5,6)49(10)44(7,8)32-36/h19-22,27-28,35-36H,11-18,23-26,29-32H2,1-10H3. The van der Waals surface area contributed by atoms with Gasteiger partial charge in [-0.15, -0.1) is 0 Å². The lowest BCUT2D eigenvalue weighted by Crippen LogP contribution is -2.60. The van der Waals surface area contributed by atoms with E-state index in [4.69, 9.17) is 9.47 Å². The molecule has 0 N–H and O–H groups in total. The lowest BCUT2D eigenvalue weighted by atomic mass is 9.70. The van der Waals surface area contributed by atoms with Crippen LogP contribution in [0.1, 0.15) is 156 Å². The van der Waals surface area contributed by atoms with Crippen LogP contribution in [0.5, 0.6) is 0 Å². The smallest absolute Gasteiger partial charge is 0.0610 e. The van der Waals surface area contributed by atoms with E-state index >= 15 is 0 Å². The minimum atomic E-state index is 0.0573. The molecule has 0 aromatic heterocycles. The van der Waals surface area contributed by atoms with Crippen molar-refractivity contribution in [3.05, 3.63) is 56.5 Å². The SMILES string of the molecule is CN1C(C)(C)CC(OCCCCCCC2(CCCCCCOC3CC(C)(C)N(C)C(C)(C)C3)c3cc(Br)ccc3-c3ccc(Br)cc32)CC1(C)C. The van der Waals surface area contributed by atoms with E-state index in [0.717, 1.165) is 51.7 Å². The highest BCUT2D eigenvalue weighted by Gasteiger charge is 2.45. The van der Waals surface area contributed by atoms with Crippen molar-refractivity contribution in [2.45, 2.75) is 185 Å². The third-order valence-corrected chi connectivity index (χ3v) is 14.5. The molecule has 0 radical (unpaired) electrons. The maximum atomic E-state index is 6.52. The highest BCUT2D eigenvalue weighted by molar-refractivity contribution is 9.10. The molecular formula is C45H70Br2N2O2. The van der Waals surface area contributed by atoms with Gasteiger partial charge in [-0.25, -0.2) is 0 Å². The number of likely N-dealkylation sites (tertiary alicyclic amines) is 2. The largest absolute Gasteiger partial charge is 0.378 e. The summed E-state index contributed by atoms with van der Waals surface area (Å²) in [4.78, 5) is 5.08. The first-order valence-corrected chi connectivity index (χ1v) is 21.8. The van der Waals surface area contributed by atoms with E-state index in [0.29, 0.717) is 12.2 Å². The molecule has 1 aliphatic carbocycles. The Morgan fingerprint density at radius 1 is 0.529 bits per heavy atom. The van der Waals surface area contributed by atoms with Crippen LogP contribution in [0.4, 0.5) is 0 Å². The fourth-order valence-corrected chi connectivity index (χ4v) is 10.9. The molecule has 2 heterocycles. The van der Waals surface area contributed by atoms with E-state index in [1.807, 2.05) is 0 Å². The normalized spacial score (nSPS) is 22.6. The fourth-order valence-electron chi connectivity index (χ4n) is 10.2. The van der Waals surface area contributed by atoms with Crippen LogP contribution in [0, 0.1) is 0 Å². The molecule has 0 atom stereocenters.